The second-order valence-corrected chi connectivity index (χ2v) is 7.35. The highest BCUT2D eigenvalue weighted by Crippen LogP contribution is 2.25. The van der Waals surface area contributed by atoms with Gasteiger partial charge in [0.2, 0.25) is 5.95 Å². The topological polar surface area (TPSA) is 64.7 Å². The van der Waals surface area contributed by atoms with Gasteiger partial charge < -0.3 is 5.32 Å². The number of aryl methyl sites for hydroxylation is 2. The Bertz CT molecular complexity index is 1430. The van der Waals surface area contributed by atoms with E-state index in [1.165, 1.54) is 0 Å². The van der Waals surface area contributed by atoms with E-state index in [4.69, 9.17) is 9.97 Å². The van der Waals surface area contributed by atoms with Crippen molar-refractivity contribution in [3.8, 4) is 5.95 Å². The van der Waals surface area contributed by atoms with E-state index < -0.39 is 0 Å². The summed E-state index contributed by atoms with van der Waals surface area (Å²) in [5.41, 5.74) is 4.48. The monoisotopic (exact) mass is 395 g/mol. The van der Waals surface area contributed by atoms with Crippen LogP contribution in [0.5, 0.6) is 0 Å². The number of hydrogen-bond donors (Lipinski definition) is 1. The molecule has 6 nitrogen and oxygen atoms in total. The number of nitrogens with one attached hydrogen (secondary N) is 1. The minimum absolute atomic E-state index is 0.168. The number of rotatable bonds is 4. The quantitative estimate of drug-likeness (QED) is 0.496. The van der Waals surface area contributed by atoms with Crippen LogP contribution >= 0.6 is 0 Å². The highest BCUT2D eigenvalue weighted by molar-refractivity contribution is 5.92. The SMILES string of the molecule is Cc1cccc2c(NCc3ccccc3)nc(-n3c(=O)n(C)c4ccccc43)nc12. The minimum Gasteiger partial charge on any atom is -0.365 e. The molecule has 0 bridgehead atoms. The first-order chi connectivity index (χ1) is 14.6. The average molecular weight is 395 g/mol. The van der Waals surface area contributed by atoms with Gasteiger partial charge in [0.1, 0.15) is 5.82 Å². The van der Waals surface area contributed by atoms with Gasteiger partial charge in [-0.15, -0.1) is 0 Å². The maximum absolute atomic E-state index is 13.0. The van der Waals surface area contributed by atoms with Crippen LogP contribution in [-0.4, -0.2) is 19.1 Å². The van der Waals surface area contributed by atoms with Gasteiger partial charge in [-0.1, -0.05) is 54.6 Å². The van der Waals surface area contributed by atoms with Crippen LogP contribution in [0.3, 0.4) is 0 Å². The summed E-state index contributed by atoms with van der Waals surface area (Å²) in [6.45, 7) is 2.65. The molecule has 0 unspecified atom stereocenters. The van der Waals surface area contributed by atoms with Gasteiger partial charge in [0.05, 0.1) is 16.6 Å². The first-order valence-electron chi connectivity index (χ1n) is 9.85. The van der Waals surface area contributed by atoms with Crippen molar-refractivity contribution in [2.45, 2.75) is 13.5 Å². The molecular weight excluding hydrogens is 374 g/mol. The molecule has 5 rings (SSSR count). The molecule has 5 aromatic rings. The Hall–Kier alpha value is -3.93. The van der Waals surface area contributed by atoms with Crippen LogP contribution in [0.4, 0.5) is 5.82 Å². The van der Waals surface area contributed by atoms with Crippen LogP contribution in [0.1, 0.15) is 11.1 Å². The molecule has 0 fully saturated rings. The Morgan fingerprint density at radius 2 is 1.60 bits per heavy atom. The number of benzene rings is 3. The lowest BCUT2D eigenvalue weighted by Gasteiger charge is -2.12. The molecule has 1 N–H and O–H groups in total. The number of fused-ring (bicyclic) bond motifs is 2. The van der Waals surface area contributed by atoms with E-state index in [1.54, 1.807) is 16.2 Å². The van der Waals surface area contributed by atoms with Gasteiger partial charge in [-0.25, -0.2) is 14.3 Å². The van der Waals surface area contributed by atoms with Gasteiger partial charge in [-0.05, 0) is 36.2 Å². The van der Waals surface area contributed by atoms with Crippen LogP contribution in [-0.2, 0) is 13.6 Å². The van der Waals surface area contributed by atoms with E-state index in [2.05, 4.69) is 17.4 Å². The number of imidazole rings is 1. The van der Waals surface area contributed by atoms with Crippen LogP contribution in [0.25, 0.3) is 27.9 Å². The van der Waals surface area contributed by atoms with E-state index in [-0.39, 0.29) is 5.69 Å². The van der Waals surface area contributed by atoms with Gasteiger partial charge >= 0.3 is 5.69 Å². The standard InChI is InChI=1S/C24H21N5O/c1-16-9-8-12-18-21(16)26-23(27-22(18)25-15-17-10-4-3-5-11-17)29-20-14-7-6-13-19(20)28(2)24(29)30/h3-14H,15H2,1-2H3,(H,25,26,27). The van der Waals surface area contributed by atoms with Crippen LogP contribution < -0.4 is 11.0 Å². The van der Waals surface area contributed by atoms with E-state index in [0.717, 1.165) is 33.1 Å². The van der Waals surface area contributed by atoms with Crippen molar-refractivity contribution in [2.75, 3.05) is 5.32 Å². The molecule has 148 valence electrons. The van der Waals surface area contributed by atoms with E-state index >= 15 is 0 Å². The van der Waals surface area contributed by atoms with Gasteiger partial charge in [0.25, 0.3) is 0 Å². The third-order valence-corrected chi connectivity index (χ3v) is 5.38. The Morgan fingerprint density at radius 1 is 0.867 bits per heavy atom. The van der Waals surface area contributed by atoms with Crippen LogP contribution in [0.2, 0.25) is 0 Å². The first-order valence-corrected chi connectivity index (χ1v) is 9.85. The van der Waals surface area contributed by atoms with Crippen molar-refractivity contribution in [3.63, 3.8) is 0 Å². The molecule has 2 aromatic heterocycles. The minimum atomic E-state index is -0.168. The van der Waals surface area contributed by atoms with Crippen molar-refractivity contribution < 1.29 is 0 Å². The summed E-state index contributed by atoms with van der Waals surface area (Å²) in [6.07, 6.45) is 0. The summed E-state index contributed by atoms with van der Waals surface area (Å²) in [7, 11) is 1.77. The molecular formula is C24H21N5O. The Labute approximate surface area is 173 Å². The molecule has 0 radical (unpaired) electrons. The Kier molecular flexibility index (Phi) is 4.32. The summed E-state index contributed by atoms with van der Waals surface area (Å²) >= 11 is 0. The molecule has 0 atom stereocenters. The molecule has 0 saturated carbocycles. The highest BCUT2D eigenvalue weighted by atomic mass is 16.1. The molecule has 3 aromatic carbocycles. The van der Waals surface area contributed by atoms with Crippen LogP contribution in [0, 0.1) is 6.92 Å². The largest absolute Gasteiger partial charge is 0.365 e. The fourth-order valence-corrected chi connectivity index (χ4v) is 3.79. The fraction of sp³-hybridized carbons (Fsp3) is 0.125. The van der Waals surface area contributed by atoms with Crippen LogP contribution in [0.15, 0.2) is 77.6 Å². The third kappa shape index (κ3) is 2.93. The number of anilines is 1. The van der Waals surface area contributed by atoms with Crippen molar-refractivity contribution in [1.82, 2.24) is 19.1 Å². The number of nitrogens with zero attached hydrogens (tertiary/aromatic N) is 4. The summed E-state index contributed by atoms with van der Waals surface area (Å²) in [5, 5.41) is 4.38. The smallest absolute Gasteiger partial charge is 0.335 e. The zero-order valence-corrected chi connectivity index (χ0v) is 16.8. The third-order valence-electron chi connectivity index (χ3n) is 5.38. The summed E-state index contributed by atoms with van der Waals surface area (Å²) in [6, 6.07) is 23.9. The number of para-hydroxylation sites is 3. The van der Waals surface area contributed by atoms with Gasteiger partial charge in [0, 0.05) is 19.0 Å². The number of hydrogen-bond acceptors (Lipinski definition) is 4. The normalized spacial score (nSPS) is 11.3. The van der Waals surface area contributed by atoms with E-state index in [0.29, 0.717) is 18.3 Å². The maximum Gasteiger partial charge on any atom is 0.335 e. The lowest BCUT2D eigenvalue weighted by atomic mass is 10.1. The summed E-state index contributed by atoms with van der Waals surface area (Å²) in [4.78, 5) is 22.6. The molecule has 0 spiro atoms. The molecule has 0 saturated heterocycles. The fourth-order valence-electron chi connectivity index (χ4n) is 3.79. The number of aromatic nitrogens is 4. The molecule has 0 amide bonds. The summed E-state index contributed by atoms with van der Waals surface area (Å²) in [5.74, 6) is 1.08. The van der Waals surface area contributed by atoms with Gasteiger partial charge in [-0.2, -0.15) is 4.98 Å². The zero-order valence-electron chi connectivity index (χ0n) is 16.8. The predicted octanol–water partition coefficient (Wildman–Crippen LogP) is 4.19. The first kappa shape index (κ1) is 18.1. The van der Waals surface area contributed by atoms with E-state index in [1.807, 2.05) is 67.6 Å². The van der Waals surface area contributed by atoms with E-state index in [9.17, 15) is 4.79 Å². The van der Waals surface area contributed by atoms with Crippen molar-refractivity contribution >= 4 is 27.8 Å². The van der Waals surface area contributed by atoms with Gasteiger partial charge in [0.15, 0.2) is 0 Å². The molecule has 0 aliphatic carbocycles. The second kappa shape index (κ2) is 7.15. The average Bonchev–Trinajstić information content (AvgIpc) is 3.03. The zero-order chi connectivity index (χ0) is 20.7. The molecule has 30 heavy (non-hydrogen) atoms. The predicted molar refractivity (Wildman–Crippen MR) is 120 cm³/mol. The van der Waals surface area contributed by atoms with Gasteiger partial charge in [-0.3, -0.25) is 4.57 Å². The lowest BCUT2D eigenvalue weighted by molar-refractivity contribution is 0.820. The summed E-state index contributed by atoms with van der Waals surface area (Å²) < 4.78 is 3.20. The molecule has 0 aliphatic heterocycles. The molecule has 2 heterocycles. The van der Waals surface area contributed by atoms with Crippen molar-refractivity contribution in [3.05, 3.63) is 94.4 Å². The Balaban J connectivity index is 1.72. The molecule has 0 aliphatic rings. The Morgan fingerprint density at radius 3 is 2.40 bits per heavy atom. The van der Waals surface area contributed by atoms with Crippen molar-refractivity contribution in [2.24, 2.45) is 7.05 Å². The maximum atomic E-state index is 13.0. The highest BCUT2D eigenvalue weighted by Gasteiger charge is 2.17. The molecule has 6 heteroatoms. The lowest BCUT2D eigenvalue weighted by Crippen LogP contribution is -2.23. The van der Waals surface area contributed by atoms with Crippen molar-refractivity contribution in [1.29, 1.82) is 0 Å². The second-order valence-electron chi connectivity index (χ2n) is 7.35.